The molecule has 13 nitrogen and oxygen atoms in total. The third kappa shape index (κ3) is 9.66. The Morgan fingerprint density at radius 1 is 1.12 bits per heavy atom. The van der Waals surface area contributed by atoms with Crippen LogP contribution < -0.4 is 4.74 Å². The number of amides is 2. The van der Waals surface area contributed by atoms with E-state index in [-0.39, 0.29) is 49.1 Å². The lowest BCUT2D eigenvalue weighted by Crippen LogP contribution is -2.51. The van der Waals surface area contributed by atoms with Crippen molar-refractivity contribution in [2.24, 2.45) is 11.8 Å². The minimum Gasteiger partial charge on any atom is -0.497 e. The molecule has 1 saturated heterocycles. The fraction of sp³-hybridized carbons (Fsp3) is 0.611. The number of furan rings is 1. The van der Waals surface area contributed by atoms with Crippen LogP contribution in [0.5, 0.6) is 5.75 Å². The van der Waals surface area contributed by atoms with Gasteiger partial charge in [-0.1, -0.05) is 37.7 Å². The number of hydrogen-bond acceptors (Lipinski definition) is 11. The molecule has 1 aliphatic rings. The van der Waals surface area contributed by atoms with E-state index in [0.29, 0.717) is 49.3 Å². The van der Waals surface area contributed by atoms with E-state index in [1.165, 1.54) is 25.8 Å². The Kier molecular flexibility index (Phi) is 14.7. The number of ether oxygens (including phenoxy) is 3. The second-order valence-electron chi connectivity index (χ2n) is 13.0. The molecule has 0 saturated carbocycles. The smallest absolute Gasteiger partial charge is 0.233 e. The topological polar surface area (TPSA) is 153 Å². The van der Waals surface area contributed by atoms with Gasteiger partial charge in [0.05, 0.1) is 37.3 Å². The quantitative estimate of drug-likeness (QED) is 0.307. The summed E-state index contributed by atoms with van der Waals surface area (Å²) < 4.78 is 24.4. The van der Waals surface area contributed by atoms with E-state index in [2.05, 4.69) is 24.0 Å². The molecule has 2 amide bonds. The Balaban J connectivity index is 1.75. The van der Waals surface area contributed by atoms with Crippen molar-refractivity contribution in [1.29, 1.82) is 0 Å². The van der Waals surface area contributed by atoms with Gasteiger partial charge in [-0.15, -0.1) is 10.2 Å². The number of aromatic nitrogens is 3. The van der Waals surface area contributed by atoms with Crippen molar-refractivity contribution < 1.29 is 38.4 Å². The van der Waals surface area contributed by atoms with Gasteiger partial charge >= 0.3 is 0 Å². The molecule has 14 heteroatoms. The maximum Gasteiger partial charge on any atom is 0.233 e. The summed E-state index contributed by atoms with van der Waals surface area (Å²) in [5.41, 5.74) is 1.74. The Labute approximate surface area is 299 Å². The standard InChI is InChI=1S/C36H53N5O8S/c1-8-40-35(28-14-17-49-24(28)4)37-38-36(40)50-22-32(44)41-15-9-10-16-48-21-30(43)34(45)31(47-7)20-39(25(5)42)19-29(23(2)3)33(41)26-12-11-13-27(18-26)46-6/h11-14,17-18,23,29-31,33-34,43,45H,8-10,15-16,19-22H2,1-7H3/t29-,30+,31+,33-,34+/m1/s1. The van der Waals surface area contributed by atoms with Crippen molar-refractivity contribution in [3.63, 3.8) is 0 Å². The molecule has 2 aromatic heterocycles. The number of benzene rings is 1. The number of rotatable bonds is 9. The number of methoxy groups -OCH3 is 2. The molecule has 4 rings (SSSR count). The van der Waals surface area contributed by atoms with Crippen LogP contribution in [-0.2, 0) is 25.6 Å². The molecule has 3 aromatic rings. The SMILES string of the molecule is CCn1c(SCC(=O)N2CCCCOC[C@H](O)[C@H](O)[C@@H](OC)CN(C(C)=O)C[C@H](C(C)C)[C@H]2c2cccc(OC)c2)nnc1-c1ccoc1C. The maximum absolute atomic E-state index is 14.6. The van der Waals surface area contributed by atoms with Gasteiger partial charge in [-0.05, 0) is 56.4 Å². The van der Waals surface area contributed by atoms with Crippen molar-refractivity contribution >= 4 is 23.6 Å². The molecule has 0 aliphatic carbocycles. The van der Waals surface area contributed by atoms with Gasteiger partial charge in [0.1, 0.15) is 29.8 Å². The van der Waals surface area contributed by atoms with Crippen LogP contribution in [0.1, 0.15) is 57.9 Å². The number of carbonyl (C=O) groups excluding carboxylic acids is 2. The number of hydrogen-bond donors (Lipinski definition) is 2. The Morgan fingerprint density at radius 2 is 1.90 bits per heavy atom. The summed E-state index contributed by atoms with van der Waals surface area (Å²) >= 11 is 1.34. The molecule has 3 heterocycles. The number of nitrogens with zero attached hydrogens (tertiary/aromatic N) is 5. The van der Waals surface area contributed by atoms with Gasteiger partial charge in [0, 0.05) is 52.7 Å². The van der Waals surface area contributed by atoms with Crippen molar-refractivity contribution in [2.75, 3.05) is 52.8 Å². The van der Waals surface area contributed by atoms with Crippen molar-refractivity contribution in [3.05, 3.63) is 47.9 Å². The van der Waals surface area contributed by atoms with Crippen LogP contribution in [0.2, 0.25) is 0 Å². The number of thioether (sulfide) groups is 1. The molecule has 5 atom stereocenters. The lowest BCUT2D eigenvalue weighted by molar-refractivity contribution is -0.139. The van der Waals surface area contributed by atoms with Gasteiger partial charge in [-0.2, -0.15) is 0 Å². The van der Waals surface area contributed by atoms with E-state index in [0.717, 1.165) is 16.9 Å². The second-order valence-corrected chi connectivity index (χ2v) is 13.9. The molecular formula is C36H53N5O8S. The van der Waals surface area contributed by atoms with Crippen LogP contribution in [0.25, 0.3) is 11.4 Å². The summed E-state index contributed by atoms with van der Waals surface area (Å²) in [4.78, 5) is 31.3. The molecule has 0 unspecified atom stereocenters. The minimum atomic E-state index is -1.27. The fourth-order valence-corrected chi connectivity index (χ4v) is 7.33. The molecule has 0 radical (unpaired) electrons. The highest BCUT2D eigenvalue weighted by atomic mass is 32.2. The fourth-order valence-electron chi connectivity index (χ4n) is 6.45. The first-order valence-electron chi connectivity index (χ1n) is 17.3. The second kappa shape index (κ2) is 18.7. The van der Waals surface area contributed by atoms with E-state index in [1.807, 2.05) is 53.6 Å². The summed E-state index contributed by atoms with van der Waals surface area (Å²) in [6, 6.07) is 9.16. The highest BCUT2D eigenvalue weighted by molar-refractivity contribution is 7.99. The average molecular weight is 716 g/mol. The van der Waals surface area contributed by atoms with Gasteiger partial charge in [-0.3, -0.25) is 9.59 Å². The molecule has 0 bridgehead atoms. The predicted molar refractivity (Wildman–Crippen MR) is 190 cm³/mol. The van der Waals surface area contributed by atoms with Gasteiger partial charge in [0.25, 0.3) is 0 Å². The molecule has 1 fully saturated rings. The van der Waals surface area contributed by atoms with Gasteiger partial charge in [0.2, 0.25) is 11.8 Å². The van der Waals surface area contributed by atoms with Crippen molar-refractivity contribution in [1.82, 2.24) is 24.6 Å². The summed E-state index contributed by atoms with van der Waals surface area (Å²) in [5, 5.41) is 31.2. The van der Waals surface area contributed by atoms with Crippen molar-refractivity contribution in [3.8, 4) is 17.1 Å². The lowest BCUT2D eigenvalue weighted by Gasteiger charge is -2.42. The zero-order chi connectivity index (χ0) is 36.4. The van der Waals surface area contributed by atoms with Crippen LogP contribution in [0, 0.1) is 18.8 Å². The highest BCUT2D eigenvalue weighted by Crippen LogP contribution is 2.37. The van der Waals surface area contributed by atoms with Gasteiger partial charge in [0.15, 0.2) is 11.0 Å². The number of carbonyl (C=O) groups is 2. The van der Waals surface area contributed by atoms with Crippen LogP contribution >= 0.6 is 11.8 Å². The van der Waals surface area contributed by atoms with Crippen LogP contribution in [0.4, 0.5) is 0 Å². The van der Waals surface area contributed by atoms with E-state index >= 15 is 0 Å². The maximum atomic E-state index is 14.6. The predicted octanol–water partition coefficient (Wildman–Crippen LogP) is 4.20. The Bertz CT molecular complexity index is 1530. The minimum absolute atomic E-state index is 0.0236. The molecule has 2 N–H and O–H groups in total. The summed E-state index contributed by atoms with van der Waals surface area (Å²) in [5.74, 6) is 1.71. The normalized spacial score (nSPS) is 23.0. The van der Waals surface area contributed by atoms with E-state index < -0.39 is 24.4 Å². The number of aryl methyl sites for hydroxylation is 1. The zero-order valence-corrected chi connectivity index (χ0v) is 31.1. The lowest BCUT2D eigenvalue weighted by atomic mass is 9.82. The molecule has 1 aromatic carbocycles. The van der Waals surface area contributed by atoms with Crippen molar-refractivity contribution in [2.45, 2.75) is 83.5 Å². The first-order valence-corrected chi connectivity index (χ1v) is 18.2. The summed E-state index contributed by atoms with van der Waals surface area (Å²) in [6.45, 7) is 11.2. The first-order chi connectivity index (χ1) is 24.0. The third-order valence-electron chi connectivity index (χ3n) is 9.39. The average Bonchev–Trinajstić information content (AvgIpc) is 3.72. The molecule has 0 spiro atoms. The van der Waals surface area contributed by atoms with Crippen LogP contribution in [-0.4, -0.2) is 118 Å². The largest absolute Gasteiger partial charge is 0.497 e. The van der Waals surface area contributed by atoms with Gasteiger partial charge in [-0.25, -0.2) is 0 Å². The molecular weight excluding hydrogens is 662 g/mol. The van der Waals surface area contributed by atoms with Gasteiger partial charge < -0.3 is 43.2 Å². The first kappa shape index (κ1) is 39.4. The third-order valence-corrected chi connectivity index (χ3v) is 10.3. The molecule has 50 heavy (non-hydrogen) atoms. The monoisotopic (exact) mass is 715 g/mol. The van der Waals surface area contributed by atoms with Crippen LogP contribution in [0.15, 0.2) is 46.2 Å². The molecule has 276 valence electrons. The summed E-state index contributed by atoms with van der Waals surface area (Å²) in [6.07, 6.45) is -0.431. The Hall–Kier alpha value is -3.43. The van der Waals surface area contributed by atoms with E-state index in [4.69, 9.17) is 18.6 Å². The number of aliphatic hydroxyl groups is 2. The Morgan fingerprint density at radius 3 is 2.54 bits per heavy atom. The zero-order valence-electron chi connectivity index (χ0n) is 30.3. The highest BCUT2D eigenvalue weighted by Gasteiger charge is 2.38. The summed E-state index contributed by atoms with van der Waals surface area (Å²) in [7, 11) is 3.06. The molecule has 1 aliphatic heterocycles. The van der Waals surface area contributed by atoms with E-state index in [1.54, 1.807) is 18.3 Å². The number of aliphatic hydroxyl groups excluding tert-OH is 2. The van der Waals surface area contributed by atoms with E-state index in [9.17, 15) is 19.8 Å². The van der Waals surface area contributed by atoms with Crippen LogP contribution in [0.3, 0.4) is 0 Å².